The van der Waals surface area contributed by atoms with Gasteiger partial charge in [0.2, 0.25) is 0 Å². The summed E-state index contributed by atoms with van der Waals surface area (Å²) < 4.78 is 0. The second kappa shape index (κ2) is 4.97. The Labute approximate surface area is 92.3 Å². The summed E-state index contributed by atoms with van der Waals surface area (Å²) in [4.78, 5) is 0. The molecule has 0 atom stereocenters. The van der Waals surface area contributed by atoms with Gasteiger partial charge >= 0.3 is 0 Å². The van der Waals surface area contributed by atoms with E-state index < -0.39 is 0 Å². The summed E-state index contributed by atoms with van der Waals surface area (Å²) in [5.74, 6) is 0. The van der Waals surface area contributed by atoms with Crippen molar-refractivity contribution in [2.24, 2.45) is 0 Å². The van der Waals surface area contributed by atoms with Crippen LogP contribution in [0.25, 0.3) is 11.1 Å². The molecule has 0 unspecified atom stereocenters. The molecule has 0 heterocycles. The van der Waals surface area contributed by atoms with Crippen molar-refractivity contribution in [1.29, 1.82) is 0 Å². The minimum absolute atomic E-state index is 0. The molecule has 0 nitrogen and oxygen atoms in total. The molecular weight excluding hydrogens is 251 g/mol. The maximum Gasteiger partial charge on any atom is 0 e. The maximum absolute atomic E-state index is 2.12. The van der Waals surface area contributed by atoms with Crippen LogP contribution in [0.3, 0.4) is 0 Å². The second-order valence-corrected chi connectivity index (χ2v) is 2.73. The zero-order chi connectivity index (χ0) is 8.23. The summed E-state index contributed by atoms with van der Waals surface area (Å²) in [6, 6.07) is 20.8. The van der Waals surface area contributed by atoms with Gasteiger partial charge in [0, 0.05) is 20.4 Å². The summed E-state index contributed by atoms with van der Waals surface area (Å²) in [6.45, 7) is 0. The van der Waals surface area contributed by atoms with Crippen LogP contribution in [0.15, 0.2) is 60.7 Å². The van der Waals surface area contributed by atoms with Crippen LogP contribution in [0.2, 0.25) is 0 Å². The van der Waals surface area contributed by atoms with Gasteiger partial charge in [-0.2, -0.15) is 0 Å². The van der Waals surface area contributed by atoms with Crippen molar-refractivity contribution in [3.05, 3.63) is 60.7 Å². The zero-order valence-electron chi connectivity index (χ0n) is 7.09. The van der Waals surface area contributed by atoms with Crippen LogP contribution >= 0.6 is 0 Å². The van der Waals surface area contributed by atoms with Crippen LogP contribution in [0.4, 0.5) is 0 Å². The first-order valence-corrected chi connectivity index (χ1v) is 4.07. The van der Waals surface area contributed by atoms with Crippen molar-refractivity contribution in [1.82, 2.24) is 0 Å². The topological polar surface area (TPSA) is 0 Å². The first-order chi connectivity index (χ1) is 5.97. The Bertz CT molecular complexity index is 303. The Balaban J connectivity index is 0.000000845. The van der Waals surface area contributed by atoms with Crippen molar-refractivity contribution in [3.63, 3.8) is 0 Å². The molecule has 13 heavy (non-hydrogen) atoms. The van der Waals surface area contributed by atoms with E-state index in [9.17, 15) is 0 Å². The van der Waals surface area contributed by atoms with Gasteiger partial charge in [-0.25, -0.2) is 0 Å². The van der Waals surface area contributed by atoms with Gasteiger partial charge < -0.3 is 0 Å². The van der Waals surface area contributed by atoms with E-state index in [1.807, 2.05) is 12.1 Å². The number of benzene rings is 2. The Morgan fingerprint density at radius 1 is 0.462 bits per heavy atom. The van der Waals surface area contributed by atoms with E-state index in [2.05, 4.69) is 48.5 Å². The Hall–Kier alpha value is -0.898. The molecule has 0 saturated carbocycles. The van der Waals surface area contributed by atoms with E-state index in [1.165, 1.54) is 11.1 Å². The van der Waals surface area contributed by atoms with Crippen LogP contribution in [-0.4, -0.2) is 0 Å². The summed E-state index contributed by atoms with van der Waals surface area (Å²) in [5, 5.41) is 0. The van der Waals surface area contributed by atoms with Crippen molar-refractivity contribution in [2.45, 2.75) is 0 Å². The van der Waals surface area contributed by atoms with Gasteiger partial charge in [0.05, 0.1) is 0 Å². The summed E-state index contributed by atoms with van der Waals surface area (Å²) in [6.07, 6.45) is 0. The third kappa shape index (κ3) is 2.52. The van der Waals surface area contributed by atoms with Gasteiger partial charge in [0.25, 0.3) is 0 Å². The first-order valence-electron chi connectivity index (χ1n) is 4.07. The first kappa shape index (κ1) is 10.2. The molecule has 68 valence electrons. The predicted octanol–water partition coefficient (Wildman–Crippen LogP) is 3.35. The van der Waals surface area contributed by atoms with Gasteiger partial charge in [-0.3, -0.25) is 0 Å². The van der Waals surface area contributed by atoms with Crippen LogP contribution in [0.5, 0.6) is 0 Å². The molecule has 0 spiro atoms. The normalized spacial score (nSPS) is 8.92. The van der Waals surface area contributed by atoms with Crippen LogP contribution in [0, 0.1) is 0 Å². The fourth-order valence-electron chi connectivity index (χ4n) is 1.26. The molecule has 0 aliphatic carbocycles. The average Bonchev–Trinajstić information content (AvgIpc) is 2.21. The average molecular weight is 261 g/mol. The van der Waals surface area contributed by atoms with Gasteiger partial charge in [-0.1, -0.05) is 60.7 Å². The van der Waals surface area contributed by atoms with E-state index in [-0.39, 0.29) is 20.4 Å². The number of hydrogen-bond donors (Lipinski definition) is 0. The summed E-state index contributed by atoms with van der Waals surface area (Å²) in [7, 11) is 0. The third-order valence-corrected chi connectivity index (χ3v) is 1.88. The van der Waals surface area contributed by atoms with Crippen molar-refractivity contribution in [3.8, 4) is 11.1 Å². The minimum atomic E-state index is 0. The number of rotatable bonds is 1. The minimum Gasteiger partial charge on any atom is -0.0622 e. The van der Waals surface area contributed by atoms with E-state index >= 15 is 0 Å². The molecule has 2 aromatic rings. The van der Waals surface area contributed by atoms with E-state index in [0.717, 1.165) is 0 Å². The molecule has 1 heteroatoms. The molecule has 0 aliphatic heterocycles. The van der Waals surface area contributed by atoms with E-state index in [1.54, 1.807) is 0 Å². The SMILES string of the molecule is [Pd].c1ccc(-c2ccccc2)cc1. The molecule has 0 aromatic heterocycles. The molecule has 0 bridgehead atoms. The van der Waals surface area contributed by atoms with Gasteiger partial charge in [-0.05, 0) is 11.1 Å². The van der Waals surface area contributed by atoms with Crippen molar-refractivity contribution in [2.75, 3.05) is 0 Å². The molecule has 0 amide bonds. The predicted molar refractivity (Wildman–Crippen MR) is 51.9 cm³/mol. The monoisotopic (exact) mass is 260 g/mol. The molecule has 2 rings (SSSR count). The Morgan fingerprint density at radius 2 is 0.769 bits per heavy atom. The van der Waals surface area contributed by atoms with Crippen molar-refractivity contribution >= 4 is 0 Å². The van der Waals surface area contributed by atoms with Crippen molar-refractivity contribution < 1.29 is 20.4 Å². The van der Waals surface area contributed by atoms with Gasteiger partial charge in [0.1, 0.15) is 0 Å². The molecule has 0 fully saturated rings. The fourth-order valence-corrected chi connectivity index (χ4v) is 1.26. The summed E-state index contributed by atoms with van der Waals surface area (Å²) >= 11 is 0. The van der Waals surface area contributed by atoms with Crippen LogP contribution in [-0.2, 0) is 20.4 Å². The molecule has 2 aromatic carbocycles. The summed E-state index contributed by atoms with van der Waals surface area (Å²) in [5.41, 5.74) is 2.55. The van der Waals surface area contributed by atoms with E-state index in [4.69, 9.17) is 0 Å². The maximum atomic E-state index is 2.12. The molecule has 0 N–H and O–H groups in total. The third-order valence-electron chi connectivity index (χ3n) is 1.88. The van der Waals surface area contributed by atoms with E-state index in [0.29, 0.717) is 0 Å². The number of hydrogen-bond acceptors (Lipinski definition) is 0. The quantitative estimate of drug-likeness (QED) is 0.690. The standard InChI is InChI=1S/C12H10.Pd/c1-3-7-11(8-4-1)12-9-5-2-6-10-12;/h1-10H;. The Kier molecular flexibility index (Phi) is 3.89. The Morgan fingerprint density at radius 3 is 1.08 bits per heavy atom. The van der Waals surface area contributed by atoms with Gasteiger partial charge in [-0.15, -0.1) is 0 Å². The molecule has 0 saturated heterocycles. The fraction of sp³-hybridized carbons (Fsp3) is 0. The van der Waals surface area contributed by atoms with Crippen LogP contribution in [0.1, 0.15) is 0 Å². The largest absolute Gasteiger partial charge is 0.0622 e. The van der Waals surface area contributed by atoms with Gasteiger partial charge in [0.15, 0.2) is 0 Å². The second-order valence-electron chi connectivity index (χ2n) is 2.73. The smallest absolute Gasteiger partial charge is 0 e. The molecular formula is C12H10Pd. The molecule has 0 aliphatic rings. The molecule has 0 radical (unpaired) electrons. The van der Waals surface area contributed by atoms with Crippen LogP contribution < -0.4 is 0 Å². The zero-order valence-corrected chi connectivity index (χ0v) is 8.64.